The predicted molar refractivity (Wildman–Crippen MR) is 75.1 cm³/mol. The van der Waals surface area contributed by atoms with E-state index in [4.69, 9.17) is 17.3 Å². The van der Waals surface area contributed by atoms with Crippen LogP contribution < -0.4 is 5.73 Å². The van der Waals surface area contributed by atoms with Crippen molar-refractivity contribution in [1.82, 2.24) is 14.8 Å². The molecular formula is C12H11ClN4S. The Hall–Kier alpha value is -1.59. The van der Waals surface area contributed by atoms with E-state index in [1.165, 1.54) is 0 Å². The number of para-hydroxylation sites is 1. The molecule has 0 saturated heterocycles. The number of hydrogen-bond acceptors (Lipinski definition) is 4. The van der Waals surface area contributed by atoms with Gasteiger partial charge in [-0.05, 0) is 19.1 Å². The minimum atomic E-state index is -0.0186. The van der Waals surface area contributed by atoms with Crippen molar-refractivity contribution < 1.29 is 0 Å². The summed E-state index contributed by atoms with van der Waals surface area (Å²) >= 11 is 7.56. The standard InChI is InChI=1S/C12H11ClN4S/c1-7(17-11(14)8(13)6-15-17)12-16-9-4-2-3-5-10(9)18-12/h2-7H,14H2,1H3. The number of benzene rings is 1. The van der Waals surface area contributed by atoms with E-state index < -0.39 is 0 Å². The number of fused-ring (bicyclic) bond motifs is 1. The van der Waals surface area contributed by atoms with Crippen LogP contribution in [0.3, 0.4) is 0 Å². The van der Waals surface area contributed by atoms with Gasteiger partial charge >= 0.3 is 0 Å². The molecule has 0 aliphatic rings. The summed E-state index contributed by atoms with van der Waals surface area (Å²) in [4.78, 5) is 4.60. The van der Waals surface area contributed by atoms with Gasteiger partial charge < -0.3 is 5.73 Å². The van der Waals surface area contributed by atoms with Crippen LogP contribution in [0.2, 0.25) is 5.02 Å². The fourth-order valence-electron chi connectivity index (χ4n) is 1.83. The van der Waals surface area contributed by atoms with Gasteiger partial charge in [0.05, 0.1) is 16.4 Å². The summed E-state index contributed by atoms with van der Waals surface area (Å²) in [7, 11) is 0. The van der Waals surface area contributed by atoms with Crippen molar-refractivity contribution in [3.63, 3.8) is 0 Å². The molecule has 4 nitrogen and oxygen atoms in total. The molecule has 1 unspecified atom stereocenters. The summed E-state index contributed by atoms with van der Waals surface area (Å²) in [6.45, 7) is 2.01. The minimum absolute atomic E-state index is 0.0186. The third kappa shape index (κ3) is 1.76. The van der Waals surface area contributed by atoms with Gasteiger partial charge in [0.25, 0.3) is 0 Å². The molecule has 3 rings (SSSR count). The summed E-state index contributed by atoms with van der Waals surface area (Å²) in [5.41, 5.74) is 6.88. The van der Waals surface area contributed by atoms with Crippen LogP contribution in [-0.4, -0.2) is 14.8 Å². The number of thiazole rings is 1. The van der Waals surface area contributed by atoms with E-state index in [0.29, 0.717) is 10.8 Å². The average Bonchev–Trinajstić information content (AvgIpc) is 2.94. The first-order chi connectivity index (χ1) is 8.66. The van der Waals surface area contributed by atoms with Crippen LogP contribution in [0.1, 0.15) is 18.0 Å². The van der Waals surface area contributed by atoms with Crippen LogP contribution in [0.15, 0.2) is 30.5 Å². The first-order valence-corrected chi connectivity index (χ1v) is 6.70. The van der Waals surface area contributed by atoms with Crippen molar-refractivity contribution in [1.29, 1.82) is 0 Å². The third-order valence-corrected chi connectivity index (χ3v) is 4.32. The van der Waals surface area contributed by atoms with E-state index in [1.807, 2.05) is 25.1 Å². The molecule has 1 aromatic carbocycles. The van der Waals surface area contributed by atoms with E-state index in [9.17, 15) is 0 Å². The van der Waals surface area contributed by atoms with Gasteiger partial charge in [-0.2, -0.15) is 5.10 Å². The molecule has 0 amide bonds. The number of halogens is 1. The Morgan fingerprint density at radius 2 is 2.17 bits per heavy atom. The predicted octanol–water partition coefficient (Wildman–Crippen LogP) is 3.34. The van der Waals surface area contributed by atoms with Crippen molar-refractivity contribution in [2.45, 2.75) is 13.0 Å². The molecule has 3 aromatic rings. The highest BCUT2D eigenvalue weighted by Crippen LogP contribution is 2.30. The lowest BCUT2D eigenvalue weighted by Gasteiger charge is -2.10. The van der Waals surface area contributed by atoms with Crippen LogP contribution in [0, 0.1) is 0 Å². The first-order valence-electron chi connectivity index (χ1n) is 5.51. The number of nitrogen functional groups attached to an aromatic ring is 1. The molecule has 0 spiro atoms. The summed E-state index contributed by atoms with van der Waals surface area (Å²) in [6.07, 6.45) is 1.56. The van der Waals surface area contributed by atoms with Crippen LogP contribution in [0.25, 0.3) is 10.2 Å². The molecule has 0 fully saturated rings. The molecule has 0 radical (unpaired) electrons. The van der Waals surface area contributed by atoms with Gasteiger partial charge in [-0.1, -0.05) is 23.7 Å². The lowest BCUT2D eigenvalue weighted by atomic mass is 10.3. The molecule has 2 N–H and O–H groups in total. The summed E-state index contributed by atoms with van der Waals surface area (Å²) in [5, 5.41) is 5.64. The Balaban J connectivity index is 2.06. The SMILES string of the molecule is CC(c1nc2ccccc2s1)n1ncc(Cl)c1N. The maximum absolute atomic E-state index is 5.91. The number of nitrogens with two attached hydrogens (primary N) is 1. The molecule has 2 heterocycles. The van der Waals surface area contributed by atoms with E-state index in [1.54, 1.807) is 22.2 Å². The number of hydrogen-bond donors (Lipinski definition) is 1. The van der Waals surface area contributed by atoms with Crippen molar-refractivity contribution in [3.8, 4) is 0 Å². The fourth-order valence-corrected chi connectivity index (χ4v) is 2.97. The first kappa shape index (κ1) is 11.5. The van der Waals surface area contributed by atoms with Crippen molar-refractivity contribution in [2.75, 3.05) is 5.73 Å². The monoisotopic (exact) mass is 278 g/mol. The number of nitrogens with zero attached hydrogens (tertiary/aromatic N) is 3. The summed E-state index contributed by atoms with van der Waals surface area (Å²) in [5.74, 6) is 0.475. The summed E-state index contributed by atoms with van der Waals surface area (Å²) < 4.78 is 2.86. The number of anilines is 1. The molecular weight excluding hydrogens is 268 g/mol. The molecule has 18 heavy (non-hydrogen) atoms. The third-order valence-electron chi connectivity index (χ3n) is 2.82. The van der Waals surface area contributed by atoms with Gasteiger partial charge in [-0.3, -0.25) is 0 Å². The highest BCUT2D eigenvalue weighted by atomic mass is 35.5. The molecule has 6 heteroatoms. The van der Waals surface area contributed by atoms with Crippen LogP contribution in [-0.2, 0) is 0 Å². The van der Waals surface area contributed by atoms with Gasteiger partial charge in [0.15, 0.2) is 0 Å². The van der Waals surface area contributed by atoms with E-state index >= 15 is 0 Å². The second-order valence-electron chi connectivity index (χ2n) is 4.02. The molecule has 0 aliphatic heterocycles. The highest BCUT2D eigenvalue weighted by molar-refractivity contribution is 7.18. The molecule has 92 valence electrons. The largest absolute Gasteiger partial charge is 0.383 e. The number of aromatic nitrogens is 3. The Morgan fingerprint density at radius 1 is 1.39 bits per heavy atom. The van der Waals surface area contributed by atoms with Crippen molar-refractivity contribution in [2.24, 2.45) is 0 Å². The number of rotatable bonds is 2. The Labute approximate surface area is 113 Å². The quantitative estimate of drug-likeness (QED) is 0.782. The van der Waals surface area contributed by atoms with Crippen molar-refractivity contribution in [3.05, 3.63) is 40.5 Å². The maximum Gasteiger partial charge on any atom is 0.141 e. The molecule has 0 bridgehead atoms. The second kappa shape index (κ2) is 4.26. The van der Waals surface area contributed by atoms with Gasteiger partial charge in [-0.15, -0.1) is 11.3 Å². The highest BCUT2D eigenvalue weighted by Gasteiger charge is 2.17. The van der Waals surface area contributed by atoms with E-state index in [2.05, 4.69) is 16.1 Å². The van der Waals surface area contributed by atoms with Gasteiger partial charge in [0.1, 0.15) is 21.9 Å². The lowest BCUT2D eigenvalue weighted by Crippen LogP contribution is -2.11. The normalized spacial score (nSPS) is 13.0. The van der Waals surface area contributed by atoms with Crippen LogP contribution in [0.4, 0.5) is 5.82 Å². The van der Waals surface area contributed by atoms with Gasteiger partial charge in [-0.25, -0.2) is 9.67 Å². The molecule has 1 atom stereocenters. The van der Waals surface area contributed by atoms with E-state index in [0.717, 1.165) is 15.2 Å². The zero-order valence-corrected chi connectivity index (χ0v) is 11.2. The molecule has 0 saturated carbocycles. The maximum atomic E-state index is 5.91. The second-order valence-corrected chi connectivity index (χ2v) is 5.49. The fraction of sp³-hybridized carbons (Fsp3) is 0.167. The topological polar surface area (TPSA) is 56.7 Å². The minimum Gasteiger partial charge on any atom is -0.383 e. The van der Waals surface area contributed by atoms with Crippen LogP contribution in [0.5, 0.6) is 0 Å². The Morgan fingerprint density at radius 3 is 2.83 bits per heavy atom. The molecule has 0 aliphatic carbocycles. The molecule has 2 aromatic heterocycles. The average molecular weight is 279 g/mol. The zero-order valence-electron chi connectivity index (χ0n) is 9.67. The summed E-state index contributed by atoms with van der Waals surface area (Å²) in [6, 6.07) is 8.03. The smallest absolute Gasteiger partial charge is 0.141 e. The van der Waals surface area contributed by atoms with E-state index in [-0.39, 0.29) is 6.04 Å². The Bertz CT molecular complexity index is 670. The van der Waals surface area contributed by atoms with Gasteiger partial charge in [0.2, 0.25) is 0 Å². The zero-order chi connectivity index (χ0) is 12.7. The van der Waals surface area contributed by atoms with Crippen LogP contribution >= 0.6 is 22.9 Å². The Kier molecular flexibility index (Phi) is 2.72. The van der Waals surface area contributed by atoms with Gasteiger partial charge in [0, 0.05) is 0 Å². The van der Waals surface area contributed by atoms with Crippen molar-refractivity contribution >= 4 is 39.0 Å². The lowest BCUT2D eigenvalue weighted by molar-refractivity contribution is 0.571.